The van der Waals surface area contributed by atoms with Crippen molar-refractivity contribution in [2.24, 2.45) is 0 Å². The topological polar surface area (TPSA) is 45.8 Å². The van der Waals surface area contributed by atoms with Crippen LogP contribution in [0.5, 0.6) is 0 Å². The number of fused-ring (bicyclic) bond motifs is 1. The molecule has 3 nitrogen and oxygen atoms in total. The molecule has 1 aromatic heterocycles. The molecule has 0 bridgehead atoms. The molecule has 0 unspecified atom stereocenters. The first kappa shape index (κ1) is 9.90. The van der Waals surface area contributed by atoms with Crippen LogP contribution in [0.15, 0.2) is 12.1 Å². The predicted molar refractivity (Wildman–Crippen MR) is 60.2 cm³/mol. The van der Waals surface area contributed by atoms with Gasteiger partial charge < -0.3 is 4.98 Å². The molecular weight excluding hydrogens is 188 g/mol. The number of rotatable bonds is 2. The number of ketones is 1. The summed E-state index contributed by atoms with van der Waals surface area (Å²) in [5, 5.41) is 0. The lowest BCUT2D eigenvalue weighted by Crippen LogP contribution is -1.99. The first-order valence-electron chi connectivity index (χ1n) is 5.12. The van der Waals surface area contributed by atoms with Crippen LogP contribution in [0.1, 0.15) is 35.6 Å². The second-order valence-electron chi connectivity index (χ2n) is 3.72. The van der Waals surface area contributed by atoms with Gasteiger partial charge in [0.25, 0.3) is 0 Å². The number of H-pyrrole nitrogens is 1. The molecule has 0 aliphatic carbocycles. The summed E-state index contributed by atoms with van der Waals surface area (Å²) in [6, 6.07) is 3.80. The lowest BCUT2D eigenvalue weighted by atomic mass is 10.0. The molecule has 0 radical (unpaired) electrons. The molecule has 0 atom stereocenters. The van der Waals surface area contributed by atoms with Crippen LogP contribution in [0.4, 0.5) is 0 Å². The Balaban J connectivity index is 2.80. The van der Waals surface area contributed by atoms with E-state index < -0.39 is 0 Å². The van der Waals surface area contributed by atoms with Gasteiger partial charge >= 0.3 is 0 Å². The fourth-order valence-electron chi connectivity index (χ4n) is 1.94. The van der Waals surface area contributed by atoms with Gasteiger partial charge in [-0.3, -0.25) is 4.79 Å². The number of benzene rings is 1. The monoisotopic (exact) mass is 202 g/mol. The van der Waals surface area contributed by atoms with E-state index in [0.717, 1.165) is 34.4 Å². The van der Waals surface area contributed by atoms with Crippen molar-refractivity contribution in [1.82, 2.24) is 9.97 Å². The van der Waals surface area contributed by atoms with Crippen molar-refractivity contribution in [1.29, 1.82) is 0 Å². The van der Waals surface area contributed by atoms with E-state index in [1.807, 2.05) is 26.0 Å². The molecule has 3 heteroatoms. The third-order valence-electron chi connectivity index (χ3n) is 2.61. The van der Waals surface area contributed by atoms with E-state index in [4.69, 9.17) is 0 Å². The quantitative estimate of drug-likeness (QED) is 0.761. The SMILES string of the molecule is CCc1c(C(C)=O)ccc2[nH]c(C)nc12. The first-order valence-corrected chi connectivity index (χ1v) is 5.12. The average Bonchev–Trinajstić information content (AvgIpc) is 2.55. The van der Waals surface area contributed by atoms with Gasteiger partial charge in [-0.2, -0.15) is 0 Å². The van der Waals surface area contributed by atoms with Crippen molar-refractivity contribution in [2.75, 3.05) is 0 Å². The molecule has 15 heavy (non-hydrogen) atoms. The molecule has 2 rings (SSSR count). The van der Waals surface area contributed by atoms with Crippen LogP contribution in [-0.2, 0) is 6.42 Å². The number of aryl methyl sites for hydroxylation is 2. The van der Waals surface area contributed by atoms with Crippen LogP contribution in [0.2, 0.25) is 0 Å². The Morgan fingerprint density at radius 3 is 2.80 bits per heavy atom. The normalized spacial score (nSPS) is 10.9. The van der Waals surface area contributed by atoms with E-state index in [-0.39, 0.29) is 5.78 Å². The summed E-state index contributed by atoms with van der Waals surface area (Å²) in [4.78, 5) is 19.0. The average molecular weight is 202 g/mol. The van der Waals surface area contributed by atoms with Gasteiger partial charge in [0, 0.05) is 5.56 Å². The molecule has 0 saturated carbocycles. The lowest BCUT2D eigenvalue weighted by Gasteiger charge is -2.04. The third-order valence-corrected chi connectivity index (χ3v) is 2.61. The largest absolute Gasteiger partial charge is 0.342 e. The van der Waals surface area contributed by atoms with Gasteiger partial charge in [-0.05, 0) is 38.0 Å². The Hall–Kier alpha value is -1.64. The van der Waals surface area contributed by atoms with Crippen molar-refractivity contribution in [3.05, 3.63) is 29.1 Å². The third kappa shape index (κ3) is 1.54. The minimum atomic E-state index is 0.106. The Labute approximate surface area is 88.5 Å². The predicted octanol–water partition coefficient (Wildman–Crippen LogP) is 2.64. The second-order valence-corrected chi connectivity index (χ2v) is 3.72. The summed E-state index contributed by atoms with van der Waals surface area (Å²) < 4.78 is 0. The van der Waals surface area contributed by atoms with Crippen LogP contribution in [0.25, 0.3) is 11.0 Å². The first-order chi connectivity index (χ1) is 7.13. The number of carbonyl (C=O) groups excluding carboxylic acids is 1. The molecule has 0 spiro atoms. The van der Waals surface area contributed by atoms with E-state index >= 15 is 0 Å². The zero-order chi connectivity index (χ0) is 11.0. The Morgan fingerprint density at radius 1 is 1.47 bits per heavy atom. The maximum absolute atomic E-state index is 11.4. The van der Waals surface area contributed by atoms with Crippen molar-refractivity contribution < 1.29 is 4.79 Å². The molecule has 0 fully saturated rings. The molecule has 0 aliphatic heterocycles. The van der Waals surface area contributed by atoms with Crippen molar-refractivity contribution >= 4 is 16.8 Å². The number of aromatic amines is 1. The number of imidazole rings is 1. The highest BCUT2D eigenvalue weighted by atomic mass is 16.1. The maximum Gasteiger partial charge on any atom is 0.160 e. The molecule has 0 aliphatic rings. The number of Topliss-reactive ketones (excluding diaryl/α,β-unsaturated/α-hetero) is 1. The van der Waals surface area contributed by atoms with E-state index in [9.17, 15) is 4.79 Å². The van der Waals surface area contributed by atoms with Gasteiger partial charge in [0.05, 0.1) is 11.0 Å². The molecule has 0 amide bonds. The second kappa shape index (κ2) is 3.50. The summed E-state index contributed by atoms with van der Waals surface area (Å²) in [7, 11) is 0. The summed E-state index contributed by atoms with van der Waals surface area (Å²) in [6.45, 7) is 5.57. The minimum Gasteiger partial charge on any atom is -0.342 e. The molecule has 0 saturated heterocycles. The highest BCUT2D eigenvalue weighted by Crippen LogP contribution is 2.21. The Bertz CT molecular complexity index is 526. The van der Waals surface area contributed by atoms with Crippen LogP contribution in [-0.4, -0.2) is 15.8 Å². The number of aromatic nitrogens is 2. The minimum absolute atomic E-state index is 0.106. The number of hydrogen-bond acceptors (Lipinski definition) is 2. The summed E-state index contributed by atoms with van der Waals surface area (Å²) >= 11 is 0. The molecule has 1 N–H and O–H groups in total. The van der Waals surface area contributed by atoms with Gasteiger partial charge in [-0.1, -0.05) is 6.92 Å². The van der Waals surface area contributed by atoms with Crippen LogP contribution in [0, 0.1) is 6.92 Å². The summed E-state index contributed by atoms with van der Waals surface area (Å²) in [6.07, 6.45) is 0.830. The molecule has 2 aromatic rings. The zero-order valence-electron chi connectivity index (χ0n) is 9.22. The summed E-state index contributed by atoms with van der Waals surface area (Å²) in [5.41, 5.74) is 3.78. The zero-order valence-corrected chi connectivity index (χ0v) is 9.22. The smallest absolute Gasteiger partial charge is 0.160 e. The van der Waals surface area contributed by atoms with Crippen LogP contribution < -0.4 is 0 Å². The number of nitrogens with zero attached hydrogens (tertiary/aromatic N) is 1. The highest BCUT2D eigenvalue weighted by molar-refractivity contribution is 5.99. The Kier molecular flexibility index (Phi) is 2.31. The van der Waals surface area contributed by atoms with E-state index in [2.05, 4.69) is 9.97 Å². The van der Waals surface area contributed by atoms with Gasteiger partial charge in [-0.25, -0.2) is 4.98 Å². The lowest BCUT2D eigenvalue weighted by molar-refractivity contribution is 0.101. The summed E-state index contributed by atoms with van der Waals surface area (Å²) in [5.74, 6) is 0.995. The highest BCUT2D eigenvalue weighted by Gasteiger charge is 2.11. The fraction of sp³-hybridized carbons (Fsp3) is 0.333. The molecule has 1 heterocycles. The van der Waals surface area contributed by atoms with E-state index in [1.54, 1.807) is 6.92 Å². The molecule has 1 aromatic carbocycles. The number of carbonyl (C=O) groups is 1. The van der Waals surface area contributed by atoms with Crippen LogP contribution in [0.3, 0.4) is 0 Å². The number of hydrogen-bond donors (Lipinski definition) is 1. The maximum atomic E-state index is 11.4. The van der Waals surface area contributed by atoms with Crippen molar-refractivity contribution in [3.8, 4) is 0 Å². The molecular formula is C12H14N2O. The fourth-order valence-corrected chi connectivity index (χ4v) is 1.94. The van der Waals surface area contributed by atoms with E-state index in [1.165, 1.54) is 0 Å². The van der Waals surface area contributed by atoms with Crippen molar-refractivity contribution in [3.63, 3.8) is 0 Å². The Morgan fingerprint density at radius 2 is 2.20 bits per heavy atom. The van der Waals surface area contributed by atoms with Gasteiger partial charge in [0.2, 0.25) is 0 Å². The van der Waals surface area contributed by atoms with E-state index in [0.29, 0.717) is 0 Å². The molecule has 78 valence electrons. The standard InChI is InChI=1S/C12H14N2O/c1-4-9-10(7(2)15)5-6-11-12(9)14-8(3)13-11/h5-6H,4H2,1-3H3,(H,13,14). The number of nitrogens with one attached hydrogen (secondary N) is 1. The van der Waals surface area contributed by atoms with Crippen molar-refractivity contribution in [2.45, 2.75) is 27.2 Å². The van der Waals surface area contributed by atoms with Gasteiger partial charge in [0.15, 0.2) is 5.78 Å². The van der Waals surface area contributed by atoms with Gasteiger partial charge in [-0.15, -0.1) is 0 Å². The van der Waals surface area contributed by atoms with Crippen LogP contribution >= 0.6 is 0 Å². The van der Waals surface area contributed by atoms with Gasteiger partial charge in [0.1, 0.15) is 5.82 Å².